The van der Waals surface area contributed by atoms with Gasteiger partial charge in [0.05, 0.1) is 5.52 Å². The second-order valence-corrected chi connectivity index (χ2v) is 4.55. The molecular formula is C14H19FN4O2. The predicted octanol–water partition coefficient (Wildman–Crippen LogP) is 2.83. The lowest BCUT2D eigenvalue weighted by Gasteiger charge is -2.06. The highest BCUT2D eigenvalue weighted by Crippen LogP contribution is 2.25. The van der Waals surface area contributed by atoms with Crippen LogP contribution in [-0.2, 0) is 0 Å². The Balaban J connectivity index is 2.06. The van der Waals surface area contributed by atoms with Gasteiger partial charge in [-0.05, 0) is 24.6 Å². The normalized spacial score (nSPS) is 10.6. The average Bonchev–Trinajstić information content (AvgIpc) is 2.88. The van der Waals surface area contributed by atoms with E-state index in [0.717, 1.165) is 23.7 Å². The lowest BCUT2D eigenvalue weighted by Crippen LogP contribution is -2.29. The number of amides is 2. The number of nitrogens with one attached hydrogen (secondary N) is 3. The molecule has 0 unspecified atom stereocenters. The lowest BCUT2D eigenvalue weighted by atomic mass is 10.2. The molecule has 1 heterocycles. The molecule has 0 aliphatic rings. The predicted molar refractivity (Wildman–Crippen MR) is 79.5 cm³/mol. The van der Waals surface area contributed by atoms with Crippen molar-refractivity contribution in [2.45, 2.75) is 19.8 Å². The van der Waals surface area contributed by atoms with Crippen LogP contribution in [0.15, 0.2) is 18.2 Å². The van der Waals surface area contributed by atoms with Gasteiger partial charge in [-0.2, -0.15) is 5.10 Å². The number of nitrogens with zero attached hydrogens (tertiary/aromatic N) is 1. The Morgan fingerprint density at radius 1 is 1.48 bits per heavy atom. The SMILES string of the molecule is CCCCNC(=O)Nc1n[nH]c2ccc(OCCF)cc12. The molecular weight excluding hydrogens is 275 g/mol. The van der Waals surface area contributed by atoms with E-state index in [0.29, 0.717) is 18.1 Å². The molecule has 0 radical (unpaired) electrons. The third kappa shape index (κ3) is 4.08. The van der Waals surface area contributed by atoms with Gasteiger partial charge in [-0.1, -0.05) is 13.3 Å². The van der Waals surface area contributed by atoms with Crippen LogP contribution in [0, 0.1) is 0 Å². The lowest BCUT2D eigenvalue weighted by molar-refractivity contribution is 0.252. The molecule has 1 aromatic carbocycles. The standard InChI is InChI=1S/C14H19FN4O2/c1-2-3-7-16-14(20)17-13-11-9-10(21-8-6-15)4-5-12(11)18-19-13/h4-5,9H,2-3,6-8H2,1H3,(H3,16,17,18,19,20). The molecule has 0 atom stereocenters. The van der Waals surface area contributed by atoms with Crippen LogP contribution in [0.2, 0.25) is 0 Å². The number of aromatic amines is 1. The second kappa shape index (κ2) is 7.47. The van der Waals surface area contributed by atoms with Crippen molar-refractivity contribution in [1.29, 1.82) is 0 Å². The third-order valence-corrected chi connectivity index (χ3v) is 2.93. The summed E-state index contributed by atoms with van der Waals surface area (Å²) in [5.41, 5.74) is 0.770. The Kier molecular flexibility index (Phi) is 5.36. The first-order valence-corrected chi connectivity index (χ1v) is 6.96. The Morgan fingerprint density at radius 3 is 3.10 bits per heavy atom. The summed E-state index contributed by atoms with van der Waals surface area (Å²) in [5.74, 6) is 0.959. The maximum Gasteiger partial charge on any atom is 0.320 e. The number of hydrogen-bond acceptors (Lipinski definition) is 3. The van der Waals surface area contributed by atoms with Crippen molar-refractivity contribution in [3.63, 3.8) is 0 Å². The maximum absolute atomic E-state index is 12.1. The van der Waals surface area contributed by atoms with Crippen molar-refractivity contribution in [3.8, 4) is 5.75 Å². The summed E-state index contributed by atoms with van der Waals surface area (Å²) in [7, 11) is 0. The summed E-state index contributed by atoms with van der Waals surface area (Å²) in [4.78, 5) is 11.7. The Bertz CT molecular complexity index is 600. The van der Waals surface area contributed by atoms with E-state index in [1.165, 1.54) is 0 Å². The molecule has 0 saturated carbocycles. The number of rotatable bonds is 7. The Labute approximate surface area is 122 Å². The summed E-state index contributed by atoms with van der Waals surface area (Å²) < 4.78 is 17.3. The van der Waals surface area contributed by atoms with E-state index >= 15 is 0 Å². The van der Waals surface area contributed by atoms with E-state index in [1.807, 2.05) is 0 Å². The smallest absolute Gasteiger partial charge is 0.320 e. The Morgan fingerprint density at radius 2 is 2.33 bits per heavy atom. The number of anilines is 1. The molecule has 1 aromatic heterocycles. The molecule has 3 N–H and O–H groups in total. The summed E-state index contributed by atoms with van der Waals surface area (Å²) in [5, 5.41) is 13.0. The number of aromatic nitrogens is 2. The van der Waals surface area contributed by atoms with Gasteiger partial charge >= 0.3 is 6.03 Å². The van der Waals surface area contributed by atoms with Crippen molar-refractivity contribution in [1.82, 2.24) is 15.5 Å². The molecule has 21 heavy (non-hydrogen) atoms. The van der Waals surface area contributed by atoms with Gasteiger partial charge in [0, 0.05) is 11.9 Å². The molecule has 0 saturated heterocycles. The van der Waals surface area contributed by atoms with Crippen LogP contribution in [0.25, 0.3) is 10.9 Å². The quantitative estimate of drug-likeness (QED) is 0.687. The number of urea groups is 1. The number of H-pyrrole nitrogens is 1. The van der Waals surface area contributed by atoms with Gasteiger partial charge in [0.2, 0.25) is 0 Å². The van der Waals surface area contributed by atoms with Gasteiger partial charge in [-0.25, -0.2) is 9.18 Å². The largest absolute Gasteiger partial charge is 0.491 e. The van der Waals surface area contributed by atoms with Gasteiger partial charge < -0.3 is 10.1 Å². The van der Waals surface area contributed by atoms with Gasteiger partial charge in [0.1, 0.15) is 19.0 Å². The van der Waals surface area contributed by atoms with Crippen LogP contribution >= 0.6 is 0 Å². The second-order valence-electron chi connectivity index (χ2n) is 4.55. The molecule has 114 valence electrons. The van der Waals surface area contributed by atoms with Crippen molar-refractivity contribution < 1.29 is 13.9 Å². The highest BCUT2D eigenvalue weighted by atomic mass is 19.1. The zero-order valence-corrected chi connectivity index (χ0v) is 11.9. The van der Waals surface area contributed by atoms with Crippen LogP contribution < -0.4 is 15.4 Å². The van der Waals surface area contributed by atoms with Gasteiger partial charge in [-0.3, -0.25) is 10.4 Å². The minimum absolute atomic E-state index is 0.00360. The first kappa shape index (κ1) is 15.1. The number of benzene rings is 1. The fraction of sp³-hybridized carbons (Fsp3) is 0.429. The van der Waals surface area contributed by atoms with Crippen molar-refractivity contribution in [2.75, 3.05) is 25.1 Å². The molecule has 2 aromatic rings. The van der Waals surface area contributed by atoms with Crippen LogP contribution in [0.1, 0.15) is 19.8 Å². The van der Waals surface area contributed by atoms with Gasteiger partial charge in [-0.15, -0.1) is 0 Å². The molecule has 7 heteroatoms. The number of hydrogen-bond donors (Lipinski definition) is 3. The van der Waals surface area contributed by atoms with Gasteiger partial charge in [0.15, 0.2) is 5.82 Å². The molecule has 0 aliphatic heterocycles. The van der Waals surface area contributed by atoms with E-state index in [2.05, 4.69) is 27.8 Å². The number of carbonyl (C=O) groups is 1. The van der Waals surface area contributed by atoms with Crippen LogP contribution in [-0.4, -0.2) is 36.1 Å². The molecule has 0 spiro atoms. The van der Waals surface area contributed by atoms with E-state index < -0.39 is 6.67 Å². The van der Waals surface area contributed by atoms with Crippen LogP contribution in [0.3, 0.4) is 0 Å². The van der Waals surface area contributed by atoms with Crippen LogP contribution in [0.5, 0.6) is 5.75 Å². The minimum atomic E-state index is -0.547. The first-order valence-electron chi connectivity index (χ1n) is 6.96. The summed E-state index contributed by atoms with van der Waals surface area (Å²) >= 11 is 0. The zero-order chi connectivity index (χ0) is 15.1. The maximum atomic E-state index is 12.1. The van der Waals surface area contributed by atoms with Crippen molar-refractivity contribution in [2.24, 2.45) is 0 Å². The molecule has 0 fully saturated rings. The number of fused-ring (bicyclic) bond motifs is 1. The van der Waals surface area contributed by atoms with Gasteiger partial charge in [0.25, 0.3) is 0 Å². The number of ether oxygens (including phenoxy) is 1. The molecule has 2 amide bonds. The van der Waals surface area contributed by atoms with Crippen LogP contribution in [0.4, 0.5) is 15.0 Å². The minimum Gasteiger partial charge on any atom is -0.491 e. The fourth-order valence-electron chi connectivity index (χ4n) is 1.87. The zero-order valence-electron chi connectivity index (χ0n) is 11.9. The molecule has 6 nitrogen and oxygen atoms in total. The number of carbonyl (C=O) groups excluding carboxylic acids is 1. The summed E-state index contributed by atoms with van der Waals surface area (Å²) in [6.45, 7) is 2.13. The average molecular weight is 294 g/mol. The van der Waals surface area contributed by atoms with E-state index in [-0.39, 0.29) is 12.6 Å². The summed E-state index contributed by atoms with van der Waals surface area (Å²) in [6.07, 6.45) is 1.94. The van der Waals surface area contributed by atoms with E-state index in [9.17, 15) is 9.18 Å². The topological polar surface area (TPSA) is 79.0 Å². The molecule has 2 rings (SSSR count). The Hall–Kier alpha value is -2.31. The molecule has 0 bridgehead atoms. The fourth-order valence-corrected chi connectivity index (χ4v) is 1.87. The van der Waals surface area contributed by atoms with Crippen molar-refractivity contribution >= 4 is 22.8 Å². The highest BCUT2D eigenvalue weighted by Gasteiger charge is 2.10. The monoisotopic (exact) mass is 294 g/mol. The van der Waals surface area contributed by atoms with E-state index in [4.69, 9.17) is 4.74 Å². The third-order valence-electron chi connectivity index (χ3n) is 2.93. The molecule has 0 aliphatic carbocycles. The highest BCUT2D eigenvalue weighted by molar-refractivity contribution is 5.99. The summed E-state index contributed by atoms with van der Waals surface area (Å²) in [6, 6.07) is 4.92. The number of halogens is 1. The number of alkyl halides is 1. The number of unbranched alkanes of at least 4 members (excludes halogenated alkanes) is 1. The first-order chi connectivity index (χ1) is 10.2. The van der Waals surface area contributed by atoms with E-state index in [1.54, 1.807) is 18.2 Å². The van der Waals surface area contributed by atoms with Crippen molar-refractivity contribution in [3.05, 3.63) is 18.2 Å².